The van der Waals surface area contributed by atoms with Crippen LogP contribution in [0.2, 0.25) is 0 Å². The number of halogens is 1. The van der Waals surface area contributed by atoms with Crippen LogP contribution in [0.1, 0.15) is 52.0 Å². The Morgan fingerprint density at radius 1 is 1.36 bits per heavy atom. The second-order valence-electron chi connectivity index (χ2n) is 8.41. The zero-order valence-electron chi connectivity index (χ0n) is 17.2. The molecule has 7 heteroatoms. The maximum Gasteiger partial charge on any atom is 0.216 e. The van der Waals surface area contributed by atoms with Gasteiger partial charge in [0, 0.05) is 31.7 Å². The number of hydrogen-bond acceptors (Lipinski definition) is 5. The second kappa shape index (κ2) is 10.1. The van der Waals surface area contributed by atoms with Gasteiger partial charge in [-0.1, -0.05) is 6.07 Å². The van der Waals surface area contributed by atoms with E-state index in [2.05, 4.69) is 0 Å². The molecule has 0 radical (unpaired) electrons. The second-order valence-corrected chi connectivity index (χ2v) is 9.75. The highest BCUT2D eigenvalue weighted by Crippen LogP contribution is 2.23. The van der Waals surface area contributed by atoms with Crippen molar-refractivity contribution >= 4 is 16.6 Å². The van der Waals surface area contributed by atoms with Crippen LogP contribution in [-0.4, -0.2) is 51.4 Å². The number of hydrogen-bond donors (Lipinski definition) is 1. The number of ketones is 1. The fraction of sp³-hybridized carbons (Fsp3) is 0.667. The van der Waals surface area contributed by atoms with Gasteiger partial charge in [0.05, 0.1) is 21.3 Å². The molecule has 1 heterocycles. The summed E-state index contributed by atoms with van der Waals surface area (Å²) in [6.07, 6.45) is 3.71. The van der Waals surface area contributed by atoms with E-state index >= 15 is 0 Å². The molecule has 1 aliphatic rings. The molecule has 158 valence electrons. The molecule has 1 N–H and O–H groups in total. The van der Waals surface area contributed by atoms with Crippen molar-refractivity contribution in [1.82, 2.24) is 4.90 Å². The number of aryl methyl sites for hydroxylation is 1. The van der Waals surface area contributed by atoms with Crippen molar-refractivity contribution in [3.63, 3.8) is 0 Å². The van der Waals surface area contributed by atoms with Gasteiger partial charge in [-0.3, -0.25) is 13.9 Å². The lowest BCUT2D eigenvalue weighted by Gasteiger charge is -2.36. The van der Waals surface area contributed by atoms with Crippen LogP contribution in [0.15, 0.2) is 23.1 Å². The number of ether oxygens (including phenoxy) is 1. The smallest absolute Gasteiger partial charge is 0.216 e. The Balaban J connectivity index is 1.74. The Kier molecular flexibility index (Phi) is 8.30. The van der Waals surface area contributed by atoms with Gasteiger partial charge in [0.25, 0.3) is 0 Å². The van der Waals surface area contributed by atoms with Crippen molar-refractivity contribution in [1.29, 1.82) is 0 Å². The molecule has 0 saturated carbocycles. The van der Waals surface area contributed by atoms with Crippen molar-refractivity contribution in [2.45, 2.75) is 69.8 Å². The van der Waals surface area contributed by atoms with E-state index in [1.165, 1.54) is 12.3 Å². The summed E-state index contributed by atoms with van der Waals surface area (Å²) in [6, 6.07) is 4.75. The summed E-state index contributed by atoms with van der Waals surface area (Å²) in [7, 11) is -1.34. The van der Waals surface area contributed by atoms with E-state index in [1.54, 1.807) is 12.1 Å². The molecular weight excluding hydrogens is 381 g/mol. The van der Waals surface area contributed by atoms with Crippen LogP contribution in [0, 0.1) is 11.7 Å². The predicted molar refractivity (Wildman–Crippen MR) is 108 cm³/mol. The molecule has 5 nitrogen and oxygen atoms in total. The average molecular weight is 414 g/mol. The molecule has 2 atom stereocenters. The molecule has 1 saturated heterocycles. The van der Waals surface area contributed by atoms with Crippen molar-refractivity contribution in [2.75, 3.05) is 19.3 Å². The van der Waals surface area contributed by atoms with Crippen LogP contribution < -0.4 is 0 Å². The van der Waals surface area contributed by atoms with Crippen LogP contribution >= 0.6 is 0 Å². The van der Waals surface area contributed by atoms with E-state index < -0.39 is 28.6 Å². The third-order valence-corrected chi connectivity index (χ3v) is 5.90. The molecule has 0 aromatic heterocycles. The highest BCUT2D eigenvalue weighted by Gasteiger charge is 2.29. The Morgan fingerprint density at radius 3 is 2.54 bits per heavy atom. The van der Waals surface area contributed by atoms with Gasteiger partial charge >= 0.3 is 0 Å². The Bertz CT molecular complexity index is 696. The minimum absolute atomic E-state index is 0.0136. The molecule has 0 spiro atoms. The SMILES string of the molecule is CS(=O)c1ccc(CCCC(=O)C2CCN(C(O)OC(C)(C)C)CC2)cc1F. The highest BCUT2D eigenvalue weighted by molar-refractivity contribution is 7.84. The fourth-order valence-corrected chi connectivity index (χ4v) is 4.03. The van der Waals surface area contributed by atoms with Crippen molar-refractivity contribution < 1.29 is 23.2 Å². The van der Waals surface area contributed by atoms with E-state index in [4.69, 9.17) is 4.74 Å². The number of piperidine rings is 1. The number of carbonyl (C=O) groups is 1. The van der Waals surface area contributed by atoms with Crippen LogP contribution in [0.25, 0.3) is 0 Å². The largest absolute Gasteiger partial charge is 0.356 e. The van der Waals surface area contributed by atoms with Gasteiger partial charge in [-0.15, -0.1) is 0 Å². The first kappa shape index (κ1) is 23.1. The zero-order valence-corrected chi connectivity index (χ0v) is 18.1. The van der Waals surface area contributed by atoms with Crippen molar-refractivity contribution in [3.8, 4) is 0 Å². The van der Waals surface area contributed by atoms with Gasteiger partial charge in [0.1, 0.15) is 11.6 Å². The molecule has 2 unspecified atom stereocenters. The Hall–Kier alpha value is -1.15. The number of nitrogens with zero attached hydrogens (tertiary/aromatic N) is 1. The van der Waals surface area contributed by atoms with Crippen LogP contribution in [0.3, 0.4) is 0 Å². The number of aliphatic hydroxyl groups is 1. The first-order valence-corrected chi connectivity index (χ1v) is 11.4. The summed E-state index contributed by atoms with van der Waals surface area (Å²) in [5.41, 5.74) is 0.396. The number of benzene rings is 1. The van der Waals surface area contributed by atoms with E-state index in [-0.39, 0.29) is 16.6 Å². The molecule has 1 aromatic carbocycles. The van der Waals surface area contributed by atoms with E-state index in [0.29, 0.717) is 32.4 Å². The maximum absolute atomic E-state index is 13.9. The summed E-state index contributed by atoms with van der Waals surface area (Å²) in [5.74, 6) is -0.203. The summed E-state index contributed by atoms with van der Waals surface area (Å²) in [6.45, 7) is 6.96. The van der Waals surface area contributed by atoms with Crippen LogP contribution in [0.5, 0.6) is 0 Å². The van der Waals surface area contributed by atoms with Gasteiger partial charge in [0.15, 0.2) is 0 Å². The van der Waals surface area contributed by atoms with E-state index in [0.717, 1.165) is 18.4 Å². The molecule has 1 fully saturated rings. The number of Topliss-reactive ketones (excluding diaryl/α,β-unsaturated/α-hetero) is 1. The third kappa shape index (κ3) is 7.03. The van der Waals surface area contributed by atoms with Crippen LogP contribution in [-0.2, 0) is 26.8 Å². The first-order valence-electron chi connectivity index (χ1n) is 9.81. The average Bonchev–Trinajstić information content (AvgIpc) is 2.60. The highest BCUT2D eigenvalue weighted by atomic mass is 32.2. The quantitative estimate of drug-likeness (QED) is 0.663. The lowest BCUT2D eigenvalue weighted by Crippen LogP contribution is -2.46. The minimum atomic E-state index is -1.34. The minimum Gasteiger partial charge on any atom is -0.356 e. The summed E-state index contributed by atoms with van der Waals surface area (Å²) >= 11 is 0. The molecule has 1 aliphatic heterocycles. The van der Waals surface area contributed by atoms with Gasteiger partial charge in [-0.2, -0.15) is 0 Å². The third-order valence-electron chi connectivity index (χ3n) is 4.95. The molecule has 2 rings (SSSR count). The zero-order chi connectivity index (χ0) is 20.9. The number of likely N-dealkylation sites (tertiary alicyclic amines) is 1. The topological polar surface area (TPSA) is 66.8 Å². The Labute approximate surface area is 169 Å². The van der Waals surface area contributed by atoms with Crippen molar-refractivity contribution in [2.24, 2.45) is 5.92 Å². The molecular formula is C21H32FNO4S. The molecule has 0 amide bonds. The molecule has 0 aliphatic carbocycles. The van der Waals surface area contributed by atoms with Crippen molar-refractivity contribution in [3.05, 3.63) is 29.6 Å². The number of aliphatic hydroxyl groups excluding tert-OH is 1. The van der Waals surface area contributed by atoms with Gasteiger partial charge in [-0.05, 0) is 64.2 Å². The summed E-state index contributed by atoms with van der Waals surface area (Å²) < 4.78 is 30.8. The Morgan fingerprint density at radius 2 is 2.00 bits per heavy atom. The van der Waals surface area contributed by atoms with Crippen LogP contribution in [0.4, 0.5) is 4.39 Å². The number of carbonyl (C=O) groups excluding carboxylic acids is 1. The molecule has 1 aromatic rings. The van der Waals surface area contributed by atoms with Gasteiger partial charge in [-0.25, -0.2) is 4.39 Å². The van der Waals surface area contributed by atoms with Gasteiger partial charge in [0.2, 0.25) is 6.41 Å². The summed E-state index contributed by atoms with van der Waals surface area (Å²) in [5, 5.41) is 10.1. The van der Waals surface area contributed by atoms with E-state index in [1.807, 2.05) is 25.7 Å². The first-order chi connectivity index (χ1) is 13.1. The monoisotopic (exact) mass is 413 g/mol. The normalized spacial score (nSPS) is 18.8. The predicted octanol–water partition coefficient (Wildman–Crippen LogP) is 3.26. The standard InChI is InChI=1S/C21H32FNO4S/c1-21(2,3)27-20(25)23-12-10-16(11-13-23)18(24)7-5-6-15-8-9-19(28(4)26)17(22)14-15/h8-9,14,16,20,25H,5-7,10-13H2,1-4H3. The van der Waals surface area contributed by atoms with E-state index in [9.17, 15) is 18.5 Å². The summed E-state index contributed by atoms with van der Waals surface area (Å²) in [4.78, 5) is 14.5. The molecule has 0 bridgehead atoms. The van der Waals surface area contributed by atoms with Gasteiger partial charge < -0.3 is 9.84 Å². The lowest BCUT2D eigenvalue weighted by atomic mass is 9.89. The molecule has 28 heavy (non-hydrogen) atoms. The maximum atomic E-state index is 13.9. The fourth-order valence-electron chi connectivity index (χ4n) is 3.44. The lowest BCUT2D eigenvalue weighted by molar-refractivity contribution is -0.243. The number of rotatable bonds is 8.